The zero-order valence-electron chi connectivity index (χ0n) is 15.9. The number of nitrogens with zero attached hydrogens (tertiary/aromatic N) is 4. The van der Waals surface area contributed by atoms with E-state index in [0.717, 1.165) is 56.6 Å². The van der Waals surface area contributed by atoms with Gasteiger partial charge in [-0.2, -0.15) is 5.10 Å². The third-order valence-electron chi connectivity index (χ3n) is 5.92. The predicted molar refractivity (Wildman–Crippen MR) is 106 cm³/mol. The van der Waals surface area contributed by atoms with Crippen molar-refractivity contribution in [2.75, 3.05) is 11.9 Å². The third kappa shape index (κ3) is 4.31. The fourth-order valence-corrected chi connectivity index (χ4v) is 4.46. The lowest BCUT2D eigenvalue weighted by Gasteiger charge is -2.36. The number of aryl methyl sites for hydroxylation is 1. The molecule has 0 unspecified atom stereocenters. The summed E-state index contributed by atoms with van der Waals surface area (Å²) in [4.78, 5) is 19.5. The maximum absolute atomic E-state index is 13.0. The van der Waals surface area contributed by atoms with Gasteiger partial charge < -0.3 is 4.90 Å². The molecular formula is C21H29N5O. The van der Waals surface area contributed by atoms with Crippen LogP contribution in [0, 0.1) is 0 Å². The Morgan fingerprint density at radius 1 is 1.07 bits per heavy atom. The number of nitrogens with one attached hydrogen (secondary N) is 1. The molecule has 2 amide bonds. The first kappa shape index (κ1) is 18.0. The van der Waals surface area contributed by atoms with Crippen LogP contribution < -0.4 is 5.32 Å². The minimum atomic E-state index is 0.0143. The number of piperidine rings is 1. The summed E-state index contributed by atoms with van der Waals surface area (Å²) in [6.07, 6.45) is 13.7. The van der Waals surface area contributed by atoms with Gasteiger partial charge in [0.15, 0.2) is 0 Å². The highest BCUT2D eigenvalue weighted by atomic mass is 16.2. The Hall–Kier alpha value is -2.37. The summed E-state index contributed by atoms with van der Waals surface area (Å²) in [7, 11) is 0. The molecule has 2 aromatic heterocycles. The lowest BCUT2D eigenvalue weighted by molar-refractivity contribution is 0.158. The average molecular weight is 367 g/mol. The van der Waals surface area contributed by atoms with Crippen molar-refractivity contribution in [1.82, 2.24) is 19.7 Å². The molecule has 1 N–H and O–H groups in total. The molecule has 1 atom stereocenters. The molecule has 1 saturated carbocycles. The summed E-state index contributed by atoms with van der Waals surface area (Å²) in [6, 6.07) is 8.67. The smallest absolute Gasteiger partial charge is 0.322 e. The summed E-state index contributed by atoms with van der Waals surface area (Å²) >= 11 is 0. The van der Waals surface area contributed by atoms with E-state index in [4.69, 9.17) is 0 Å². The first-order valence-electron chi connectivity index (χ1n) is 10.3. The third-order valence-corrected chi connectivity index (χ3v) is 5.92. The number of likely N-dealkylation sites (tertiary alicyclic amines) is 1. The van der Waals surface area contributed by atoms with Gasteiger partial charge in [-0.25, -0.2) is 9.48 Å². The van der Waals surface area contributed by atoms with E-state index >= 15 is 0 Å². The van der Waals surface area contributed by atoms with Gasteiger partial charge in [0, 0.05) is 30.5 Å². The highest BCUT2D eigenvalue weighted by molar-refractivity contribution is 5.88. The molecule has 2 aliphatic rings. The van der Waals surface area contributed by atoms with Crippen molar-refractivity contribution in [2.45, 2.75) is 69.9 Å². The number of anilines is 1. The molecule has 1 saturated heterocycles. The number of hydrogen-bond acceptors (Lipinski definition) is 3. The summed E-state index contributed by atoms with van der Waals surface area (Å²) in [5, 5.41) is 7.60. The van der Waals surface area contributed by atoms with Gasteiger partial charge in [0.1, 0.15) is 5.82 Å². The predicted octanol–water partition coefficient (Wildman–Crippen LogP) is 4.41. The Morgan fingerprint density at radius 3 is 2.74 bits per heavy atom. The lowest BCUT2D eigenvalue weighted by Crippen LogP contribution is -2.46. The molecule has 0 aromatic carbocycles. The van der Waals surface area contributed by atoms with Gasteiger partial charge in [0.25, 0.3) is 0 Å². The van der Waals surface area contributed by atoms with E-state index in [1.54, 1.807) is 6.20 Å². The highest BCUT2D eigenvalue weighted by Gasteiger charge is 2.28. The Morgan fingerprint density at radius 2 is 1.93 bits per heavy atom. The van der Waals surface area contributed by atoms with Gasteiger partial charge in [0.05, 0.1) is 12.2 Å². The fourth-order valence-electron chi connectivity index (χ4n) is 4.46. The number of amides is 2. The van der Waals surface area contributed by atoms with E-state index in [0.29, 0.717) is 6.04 Å². The molecule has 6 heteroatoms. The number of hydrogen-bond donors (Lipinski definition) is 1. The zero-order valence-corrected chi connectivity index (χ0v) is 15.9. The Balaban J connectivity index is 1.39. The SMILES string of the molecule is O=C(Nc1ccnn1C1CCCC1)N1CCCC[C@H]1CCc1ccccn1. The molecule has 0 bridgehead atoms. The highest BCUT2D eigenvalue weighted by Crippen LogP contribution is 2.31. The van der Waals surface area contributed by atoms with Crippen LogP contribution in [0.1, 0.15) is 63.1 Å². The molecule has 0 spiro atoms. The van der Waals surface area contributed by atoms with Gasteiger partial charge >= 0.3 is 6.03 Å². The summed E-state index contributed by atoms with van der Waals surface area (Å²) in [6.45, 7) is 0.830. The maximum atomic E-state index is 13.0. The van der Waals surface area contributed by atoms with Crippen LogP contribution in [-0.2, 0) is 6.42 Å². The molecule has 4 rings (SSSR count). The second-order valence-electron chi connectivity index (χ2n) is 7.73. The van der Waals surface area contributed by atoms with Crippen LogP contribution in [0.15, 0.2) is 36.7 Å². The molecule has 6 nitrogen and oxygen atoms in total. The topological polar surface area (TPSA) is 63.1 Å². The minimum Gasteiger partial charge on any atom is -0.322 e. The first-order chi connectivity index (χ1) is 13.3. The molecule has 2 aromatic rings. The number of urea groups is 1. The Labute approximate surface area is 161 Å². The molecular weight excluding hydrogens is 338 g/mol. The lowest BCUT2D eigenvalue weighted by atomic mass is 9.97. The van der Waals surface area contributed by atoms with Crippen LogP contribution in [0.3, 0.4) is 0 Å². The Bertz CT molecular complexity index is 738. The van der Waals surface area contributed by atoms with Crippen LogP contribution in [0.5, 0.6) is 0 Å². The second kappa shape index (κ2) is 8.55. The van der Waals surface area contributed by atoms with Crippen molar-refractivity contribution < 1.29 is 4.79 Å². The largest absolute Gasteiger partial charge is 0.323 e. The normalized spacial score (nSPS) is 20.7. The zero-order chi connectivity index (χ0) is 18.5. The van der Waals surface area contributed by atoms with E-state index < -0.39 is 0 Å². The number of rotatable bonds is 5. The van der Waals surface area contributed by atoms with Crippen molar-refractivity contribution in [3.8, 4) is 0 Å². The molecule has 1 aliphatic carbocycles. The van der Waals surface area contributed by atoms with Gasteiger partial charge in [-0.1, -0.05) is 18.9 Å². The average Bonchev–Trinajstić information content (AvgIpc) is 3.39. The van der Waals surface area contributed by atoms with E-state index in [-0.39, 0.29) is 12.1 Å². The van der Waals surface area contributed by atoms with Crippen LogP contribution in [0.4, 0.5) is 10.6 Å². The van der Waals surface area contributed by atoms with Crippen LogP contribution in [-0.4, -0.2) is 38.3 Å². The monoisotopic (exact) mass is 367 g/mol. The first-order valence-corrected chi connectivity index (χ1v) is 10.3. The van der Waals surface area contributed by atoms with Crippen molar-refractivity contribution >= 4 is 11.8 Å². The number of carbonyl (C=O) groups excluding carboxylic acids is 1. The molecule has 3 heterocycles. The van der Waals surface area contributed by atoms with Crippen molar-refractivity contribution in [1.29, 1.82) is 0 Å². The quantitative estimate of drug-likeness (QED) is 0.851. The summed E-state index contributed by atoms with van der Waals surface area (Å²) in [5.74, 6) is 0.834. The van der Waals surface area contributed by atoms with E-state index in [2.05, 4.69) is 21.5 Å². The van der Waals surface area contributed by atoms with Gasteiger partial charge in [-0.15, -0.1) is 0 Å². The second-order valence-corrected chi connectivity index (χ2v) is 7.73. The standard InChI is InChI=1S/C21H29N5O/c27-21(24-20-13-15-23-26(20)19-9-1-2-10-19)25-16-6-4-8-18(25)12-11-17-7-3-5-14-22-17/h3,5,7,13-15,18-19H,1-2,4,6,8-12,16H2,(H,24,27)/t18-/m0/s1. The number of pyridine rings is 1. The number of carbonyl (C=O) groups is 1. The summed E-state index contributed by atoms with van der Waals surface area (Å²) in [5.41, 5.74) is 1.10. The minimum absolute atomic E-state index is 0.0143. The van der Waals surface area contributed by atoms with Crippen molar-refractivity contribution in [3.63, 3.8) is 0 Å². The van der Waals surface area contributed by atoms with Crippen LogP contribution in [0.25, 0.3) is 0 Å². The van der Waals surface area contributed by atoms with E-state index in [1.165, 1.54) is 19.3 Å². The summed E-state index contributed by atoms with van der Waals surface area (Å²) < 4.78 is 2.01. The molecule has 1 aliphatic heterocycles. The van der Waals surface area contributed by atoms with Crippen molar-refractivity contribution in [3.05, 3.63) is 42.4 Å². The number of aromatic nitrogens is 3. The Kier molecular flexibility index (Phi) is 5.70. The van der Waals surface area contributed by atoms with Gasteiger partial charge in [-0.3, -0.25) is 10.3 Å². The molecule has 144 valence electrons. The van der Waals surface area contributed by atoms with Gasteiger partial charge in [-0.05, 0) is 57.1 Å². The molecule has 0 radical (unpaired) electrons. The van der Waals surface area contributed by atoms with Crippen LogP contribution >= 0.6 is 0 Å². The van der Waals surface area contributed by atoms with E-state index in [1.807, 2.05) is 34.0 Å². The fraction of sp³-hybridized carbons (Fsp3) is 0.571. The van der Waals surface area contributed by atoms with Crippen molar-refractivity contribution in [2.24, 2.45) is 0 Å². The maximum Gasteiger partial charge on any atom is 0.323 e. The van der Waals surface area contributed by atoms with E-state index in [9.17, 15) is 4.79 Å². The van der Waals surface area contributed by atoms with Gasteiger partial charge in [0.2, 0.25) is 0 Å². The molecule has 2 fully saturated rings. The molecule has 27 heavy (non-hydrogen) atoms. The van der Waals surface area contributed by atoms with Crippen LogP contribution in [0.2, 0.25) is 0 Å².